The molecule has 6 rings (SSSR count). The maximum absolute atomic E-state index is 15.9. The number of ether oxygens (including phenoxy) is 1. The lowest BCUT2D eigenvalue weighted by atomic mass is 10.1. The summed E-state index contributed by atoms with van der Waals surface area (Å²) in [5.41, 5.74) is 7.67. The molecule has 6 heterocycles. The molecule has 0 amide bonds. The van der Waals surface area contributed by atoms with Gasteiger partial charge in [0.1, 0.15) is 30.3 Å². The molecule has 20 heteroatoms. The van der Waals surface area contributed by atoms with Crippen molar-refractivity contribution in [3.8, 4) is 11.4 Å². The Hall–Kier alpha value is -2.37. The average molecular weight is 659 g/mol. The van der Waals surface area contributed by atoms with Gasteiger partial charge < -0.3 is 24.4 Å². The lowest BCUT2D eigenvalue weighted by Gasteiger charge is -2.25. The molecule has 3 aromatic rings. The molecular formula is C22H25FN8O7P2S2. The van der Waals surface area contributed by atoms with Gasteiger partial charge >= 0.3 is 13.5 Å². The van der Waals surface area contributed by atoms with Crippen LogP contribution in [0.25, 0.3) is 17.0 Å². The first-order valence-corrected chi connectivity index (χ1v) is 17.8. The van der Waals surface area contributed by atoms with E-state index in [4.69, 9.17) is 40.4 Å². The molecule has 15 nitrogen and oxygen atoms in total. The van der Waals surface area contributed by atoms with E-state index in [2.05, 4.69) is 43.9 Å². The smallest absolute Gasteiger partial charge is 0.387 e. The zero-order valence-corrected chi connectivity index (χ0v) is 25.2. The lowest BCUT2D eigenvalue weighted by molar-refractivity contribution is -0.0463. The fourth-order valence-corrected chi connectivity index (χ4v) is 7.09. The standard InChI is InChI=1S/C22H25FN8O7P2S2/c1-12-8-15(24)27-21-18(12)26-11-30(21)22-19-17(23)14(37-22)9-35-39(32,41)34-7-6-31-16(10-36-40(33,42)38-19)28-20(29-31)13-2-4-25-5-3-13/h2-5,11,14,17,19,22H,1,6-10H2,(H2,24,27)(H,32,41)(H,33,42)/t14-,17-,19-,22-,39?,40?/m1/s1. The van der Waals surface area contributed by atoms with Gasteiger partial charge in [0, 0.05) is 24.4 Å². The van der Waals surface area contributed by atoms with Crippen molar-refractivity contribution < 1.29 is 36.7 Å². The first-order chi connectivity index (χ1) is 20.0. The maximum atomic E-state index is 15.9. The Bertz CT molecular complexity index is 1640. The van der Waals surface area contributed by atoms with Gasteiger partial charge in [-0.2, -0.15) is 5.10 Å². The second-order valence-corrected chi connectivity index (χ2v) is 15.2. The van der Waals surface area contributed by atoms with E-state index in [1.807, 2.05) is 0 Å². The first kappa shape index (κ1) is 29.7. The number of nitrogens with two attached hydrogens (primary N) is 1. The molecule has 1 saturated heterocycles. The summed E-state index contributed by atoms with van der Waals surface area (Å²) >= 11 is 9.23. The van der Waals surface area contributed by atoms with Gasteiger partial charge in [-0.1, -0.05) is 18.8 Å². The summed E-state index contributed by atoms with van der Waals surface area (Å²) in [4.78, 5) is 27.7. The normalized spacial score (nSPS) is 32.4. The summed E-state index contributed by atoms with van der Waals surface area (Å²) in [6.45, 7) is -5.05. The van der Waals surface area contributed by atoms with Crippen LogP contribution in [-0.4, -0.2) is 71.6 Å². The van der Waals surface area contributed by atoms with Crippen molar-refractivity contribution in [3.63, 3.8) is 0 Å². The van der Waals surface area contributed by atoms with Crippen molar-refractivity contribution in [2.45, 2.75) is 44.2 Å². The van der Waals surface area contributed by atoms with Crippen molar-refractivity contribution in [2.24, 2.45) is 10.7 Å². The molecule has 0 aromatic carbocycles. The zero-order valence-electron chi connectivity index (χ0n) is 21.7. The van der Waals surface area contributed by atoms with Crippen LogP contribution in [0.15, 0.2) is 42.4 Å². The molecule has 2 bridgehead atoms. The Morgan fingerprint density at radius 2 is 2.05 bits per heavy atom. The molecule has 3 aromatic heterocycles. The number of aliphatic imine (C=N–C) groups is 1. The van der Waals surface area contributed by atoms with E-state index in [0.29, 0.717) is 29.1 Å². The number of pyridine rings is 1. The van der Waals surface area contributed by atoms with Gasteiger partial charge in [0.2, 0.25) is 0 Å². The van der Waals surface area contributed by atoms with Gasteiger partial charge in [0.15, 0.2) is 29.9 Å². The van der Waals surface area contributed by atoms with E-state index >= 15 is 4.39 Å². The van der Waals surface area contributed by atoms with Crippen LogP contribution >= 0.6 is 25.8 Å². The zero-order chi connectivity index (χ0) is 29.6. The van der Waals surface area contributed by atoms with E-state index in [1.54, 1.807) is 24.5 Å². The Morgan fingerprint density at radius 1 is 1.26 bits per heavy atom. The average Bonchev–Trinajstić information content (AvgIpc) is 3.63. The van der Waals surface area contributed by atoms with E-state index < -0.39 is 44.7 Å². The molecule has 0 saturated carbocycles. The summed E-state index contributed by atoms with van der Waals surface area (Å²) in [7, 11) is 0. The molecular weight excluding hydrogens is 633 g/mol. The predicted molar refractivity (Wildman–Crippen MR) is 154 cm³/mol. The number of alkyl halides is 1. The molecule has 6 atom stereocenters. The monoisotopic (exact) mass is 658 g/mol. The number of amidine groups is 1. The number of fused-ring (bicyclic) bond motifs is 4. The van der Waals surface area contributed by atoms with Crippen LogP contribution in [0.4, 0.5) is 10.2 Å². The van der Waals surface area contributed by atoms with Crippen LogP contribution in [-0.2, 0) is 52.4 Å². The molecule has 42 heavy (non-hydrogen) atoms. The third kappa shape index (κ3) is 6.15. The van der Waals surface area contributed by atoms with E-state index in [1.165, 1.54) is 15.6 Å². The lowest BCUT2D eigenvalue weighted by Crippen LogP contribution is -2.32. The highest BCUT2D eigenvalue weighted by atomic mass is 32.7. The van der Waals surface area contributed by atoms with Gasteiger partial charge in [0.25, 0.3) is 0 Å². The van der Waals surface area contributed by atoms with Crippen LogP contribution < -0.4 is 5.73 Å². The van der Waals surface area contributed by atoms with Gasteiger partial charge in [-0.05, 0) is 29.5 Å². The van der Waals surface area contributed by atoms with Gasteiger partial charge in [-0.3, -0.25) is 18.6 Å². The highest BCUT2D eigenvalue weighted by Gasteiger charge is 2.51. The molecule has 2 unspecified atom stereocenters. The predicted octanol–water partition coefficient (Wildman–Crippen LogP) is 3.08. The van der Waals surface area contributed by atoms with Crippen molar-refractivity contribution in [3.05, 3.63) is 49.0 Å². The van der Waals surface area contributed by atoms with Crippen LogP contribution in [0, 0.1) is 0 Å². The molecule has 3 aliphatic heterocycles. The number of imidazole rings is 1. The van der Waals surface area contributed by atoms with Crippen molar-refractivity contribution >= 4 is 54.8 Å². The molecule has 0 aliphatic carbocycles. The second-order valence-electron chi connectivity index (χ2n) is 9.44. The minimum atomic E-state index is -4.26. The highest BCUT2D eigenvalue weighted by molar-refractivity contribution is 8.44. The number of aromatic nitrogens is 6. The van der Waals surface area contributed by atoms with Gasteiger partial charge in [0.05, 0.1) is 26.1 Å². The molecule has 0 spiro atoms. The van der Waals surface area contributed by atoms with Crippen molar-refractivity contribution in [1.29, 1.82) is 0 Å². The number of nitrogens with zero attached hydrogens (tertiary/aromatic N) is 7. The number of thiol groups is 1. The van der Waals surface area contributed by atoms with Crippen molar-refractivity contribution in [2.75, 3.05) is 13.2 Å². The molecule has 0 radical (unpaired) electrons. The van der Waals surface area contributed by atoms with Crippen LogP contribution in [0.3, 0.4) is 0 Å². The fourth-order valence-electron chi connectivity index (χ4n) is 4.60. The topological polar surface area (TPSA) is 183 Å². The Kier molecular flexibility index (Phi) is 8.21. The minimum absolute atomic E-state index is 0.0772. The quantitative estimate of drug-likeness (QED) is 0.270. The number of hydrogen-bond donors (Lipinski definition) is 3. The summed E-state index contributed by atoms with van der Waals surface area (Å²) in [5, 5.41) is 4.45. The third-order valence-corrected chi connectivity index (χ3v) is 9.75. The number of rotatable bonds is 2. The van der Waals surface area contributed by atoms with E-state index in [9.17, 15) is 9.46 Å². The Balaban J connectivity index is 1.33. The molecule has 3 N–H and O–H groups in total. The van der Waals surface area contributed by atoms with E-state index in [-0.39, 0.29) is 37.2 Å². The van der Waals surface area contributed by atoms with Gasteiger partial charge in [-0.25, -0.2) is 28.6 Å². The summed E-state index contributed by atoms with van der Waals surface area (Å²) < 4.78 is 60.2. The van der Waals surface area contributed by atoms with Gasteiger partial charge in [-0.15, -0.1) is 0 Å². The number of hydrogen-bond acceptors (Lipinski definition) is 13. The van der Waals surface area contributed by atoms with Crippen LogP contribution in [0.5, 0.6) is 0 Å². The SMILES string of the molecule is C=C1CC(N)=Nc2c1ncn2[C@@H]1O[C@@H]2COP(O)(=S)OCCn3nc(-c4ccncc4)nc3COP(=O)(S)O[C@@H]1[C@@H]2F. The summed E-state index contributed by atoms with van der Waals surface area (Å²) in [6.07, 6.45) is -1.22. The molecule has 3 aliphatic rings. The van der Waals surface area contributed by atoms with Crippen LogP contribution in [0.1, 0.15) is 24.2 Å². The summed E-state index contributed by atoms with van der Waals surface area (Å²) in [6, 6.07) is 3.42. The summed E-state index contributed by atoms with van der Waals surface area (Å²) in [5.74, 6) is 1.08. The second kappa shape index (κ2) is 11.6. The molecule has 1 fully saturated rings. The number of halogens is 1. The minimum Gasteiger partial charge on any atom is -0.387 e. The highest BCUT2D eigenvalue weighted by Crippen LogP contribution is 2.58. The largest absolute Gasteiger partial charge is 0.387 e. The Morgan fingerprint density at radius 3 is 2.83 bits per heavy atom. The van der Waals surface area contributed by atoms with Crippen molar-refractivity contribution in [1.82, 2.24) is 29.3 Å². The molecule has 224 valence electrons. The Labute approximate surface area is 248 Å². The maximum Gasteiger partial charge on any atom is 0.387 e. The third-order valence-electron chi connectivity index (χ3n) is 6.54. The van der Waals surface area contributed by atoms with Crippen LogP contribution in [0.2, 0.25) is 0 Å². The first-order valence-electron chi connectivity index (χ1n) is 12.5. The van der Waals surface area contributed by atoms with E-state index in [0.717, 1.165) is 0 Å². The fraction of sp³-hybridized carbons (Fsp3) is 0.409.